The van der Waals surface area contributed by atoms with Crippen LogP contribution in [0.25, 0.3) is 0 Å². The first-order valence-corrected chi connectivity index (χ1v) is 7.42. The highest BCUT2D eigenvalue weighted by molar-refractivity contribution is 7.12. The van der Waals surface area contributed by atoms with Gasteiger partial charge in [-0.15, -0.1) is 11.3 Å². The molecule has 0 unspecified atom stereocenters. The summed E-state index contributed by atoms with van der Waals surface area (Å²) in [6.45, 7) is 2.14. The summed E-state index contributed by atoms with van der Waals surface area (Å²) in [5.41, 5.74) is 7.62. The average Bonchev–Trinajstić information content (AvgIpc) is 2.84. The zero-order chi connectivity index (χ0) is 13.7. The number of anilines is 1. The molecule has 3 heteroatoms. The maximum Gasteiger partial charge on any atom is 0.138 e. The van der Waals surface area contributed by atoms with Gasteiger partial charge in [-0.1, -0.05) is 19.1 Å². The minimum atomic E-state index is 0.298. The fraction of sp³-hybridized carbons (Fsp3) is 0.312. The van der Waals surface area contributed by atoms with Gasteiger partial charge in [-0.2, -0.15) is 0 Å². The molecule has 0 radical (unpaired) electrons. The normalized spacial score (nSPS) is 10.6. The minimum Gasteiger partial charge on any atom is -0.399 e. The van der Waals surface area contributed by atoms with Gasteiger partial charge >= 0.3 is 0 Å². The lowest BCUT2D eigenvalue weighted by Gasteiger charge is -2.02. The third-order valence-electron chi connectivity index (χ3n) is 3.08. The molecule has 0 amide bonds. The monoisotopic (exact) mass is 273 g/mol. The Bertz CT molecular complexity index is 559. The Kier molecular flexibility index (Phi) is 4.74. The van der Waals surface area contributed by atoms with Crippen LogP contribution < -0.4 is 5.73 Å². The van der Waals surface area contributed by atoms with Gasteiger partial charge in [0, 0.05) is 28.3 Å². The van der Waals surface area contributed by atoms with Crippen LogP contribution in [0.4, 0.5) is 5.69 Å². The van der Waals surface area contributed by atoms with Crippen LogP contribution >= 0.6 is 11.3 Å². The first-order chi connectivity index (χ1) is 9.17. The van der Waals surface area contributed by atoms with Gasteiger partial charge in [0.15, 0.2) is 0 Å². The van der Waals surface area contributed by atoms with E-state index in [0.717, 1.165) is 24.1 Å². The topological polar surface area (TPSA) is 43.1 Å². The van der Waals surface area contributed by atoms with E-state index in [4.69, 9.17) is 5.73 Å². The van der Waals surface area contributed by atoms with Gasteiger partial charge in [0.25, 0.3) is 0 Å². The number of benzene rings is 1. The summed E-state index contributed by atoms with van der Waals surface area (Å²) < 4.78 is 0. The maximum absolute atomic E-state index is 11.9. The number of aryl methyl sites for hydroxylation is 2. The first-order valence-electron chi connectivity index (χ1n) is 6.61. The Labute approximate surface area is 118 Å². The summed E-state index contributed by atoms with van der Waals surface area (Å²) in [6, 6.07) is 11.9. The zero-order valence-electron chi connectivity index (χ0n) is 11.2. The molecule has 0 aliphatic rings. The molecule has 1 aromatic carbocycles. The summed E-state index contributed by atoms with van der Waals surface area (Å²) in [6.07, 6.45) is 2.97. The van der Waals surface area contributed by atoms with Crippen LogP contribution in [0, 0.1) is 0 Å². The fourth-order valence-electron chi connectivity index (χ4n) is 2.02. The number of thiophene rings is 1. The molecule has 0 atom stereocenters. The molecule has 0 aliphatic heterocycles. The number of Topliss-reactive ketones (excluding diaryl/α,β-unsaturated/α-hetero) is 1. The summed E-state index contributed by atoms with van der Waals surface area (Å²) in [5.74, 6) is 0.298. The van der Waals surface area contributed by atoms with E-state index in [1.807, 2.05) is 24.3 Å². The molecule has 1 aromatic heterocycles. The van der Waals surface area contributed by atoms with Crippen LogP contribution in [0.5, 0.6) is 0 Å². The molecule has 2 nitrogen and oxygen atoms in total. The molecule has 19 heavy (non-hydrogen) atoms. The van der Waals surface area contributed by atoms with Crippen molar-refractivity contribution in [2.45, 2.75) is 32.6 Å². The third-order valence-corrected chi connectivity index (χ3v) is 4.31. The molecule has 0 aliphatic carbocycles. The third kappa shape index (κ3) is 4.21. The molecule has 2 aromatic rings. The summed E-state index contributed by atoms with van der Waals surface area (Å²) in [4.78, 5) is 14.5. The van der Waals surface area contributed by atoms with Gasteiger partial charge in [0.05, 0.1) is 0 Å². The van der Waals surface area contributed by atoms with Crippen molar-refractivity contribution in [2.24, 2.45) is 0 Å². The highest BCUT2D eigenvalue weighted by Gasteiger charge is 2.07. The Morgan fingerprint density at radius 3 is 2.68 bits per heavy atom. The molecular weight excluding hydrogens is 254 g/mol. The number of hydrogen-bond acceptors (Lipinski definition) is 3. The largest absolute Gasteiger partial charge is 0.399 e. The minimum absolute atomic E-state index is 0.298. The van der Waals surface area contributed by atoms with E-state index in [1.54, 1.807) is 11.3 Å². The molecular formula is C16H19NOS. The highest BCUT2D eigenvalue weighted by atomic mass is 32.1. The van der Waals surface area contributed by atoms with Gasteiger partial charge in [0.2, 0.25) is 0 Å². The number of nitrogen functional groups attached to an aromatic ring is 1. The number of nitrogens with two attached hydrogens (primary N) is 1. The van der Waals surface area contributed by atoms with E-state index < -0.39 is 0 Å². The molecule has 0 fully saturated rings. The lowest BCUT2D eigenvalue weighted by Crippen LogP contribution is -2.03. The van der Waals surface area contributed by atoms with Crippen LogP contribution in [-0.4, -0.2) is 5.78 Å². The van der Waals surface area contributed by atoms with Gasteiger partial charge in [-0.05, 0) is 42.7 Å². The van der Waals surface area contributed by atoms with E-state index in [9.17, 15) is 4.79 Å². The number of rotatable bonds is 6. The van der Waals surface area contributed by atoms with E-state index >= 15 is 0 Å². The van der Waals surface area contributed by atoms with Crippen molar-refractivity contribution in [1.82, 2.24) is 0 Å². The van der Waals surface area contributed by atoms with Crippen molar-refractivity contribution in [3.63, 3.8) is 0 Å². The molecule has 0 spiro atoms. The van der Waals surface area contributed by atoms with E-state index in [-0.39, 0.29) is 0 Å². The van der Waals surface area contributed by atoms with Gasteiger partial charge in [-0.3, -0.25) is 4.79 Å². The second-order valence-corrected chi connectivity index (χ2v) is 5.93. The van der Waals surface area contributed by atoms with Crippen LogP contribution in [0.15, 0.2) is 36.4 Å². The van der Waals surface area contributed by atoms with E-state index in [2.05, 4.69) is 19.1 Å². The van der Waals surface area contributed by atoms with Crippen molar-refractivity contribution < 1.29 is 4.79 Å². The van der Waals surface area contributed by atoms with Crippen LogP contribution in [0.2, 0.25) is 0 Å². The zero-order valence-corrected chi connectivity index (χ0v) is 12.0. The van der Waals surface area contributed by atoms with E-state index in [0.29, 0.717) is 18.6 Å². The predicted molar refractivity (Wildman–Crippen MR) is 81.6 cm³/mol. The molecule has 2 rings (SSSR count). The lowest BCUT2D eigenvalue weighted by atomic mass is 10.1. The molecule has 100 valence electrons. The summed E-state index contributed by atoms with van der Waals surface area (Å²) >= 11 is 1.74. The maximum atomic E-state index is 11.9. The standard InChI is InChI=1S/C16H19NOS/c1-2-15-8-9-16(19-15)11-14(18)7-6-12-4-3-5-13(17)10-12/h3-5,8-10H,2,6-7,11,17H2,1H3. The summed E-state index contributed by atoms with van der Waals surface area (Å²) in [7, 11) is 0. The molecule has 0 bridgehead atoms. The Balaban J connectivity index is 1.84. The second-order valence-electron chi connectivity index (χ2n) is 4.68. The first kappa shape index (κ1) is 13.8. The summed E-state index contributed by atoms with van der Waals surface area (Å²) in [5, 5.41) is 0. The molecule has 0 saturated heterocycles. The van der Waals surface area contributed by atoms with Gasteiger partial charge in [0.1, 0.15) is 5.78 Å². The van der Waals surface area contributed by atoms with Gasteiger partial charge < -0.3 is 5.73 Å². The number of hydrogen-bond donors (Lipinski definition) is 1. The SMILES string of the molecule is CCc1ccc(CC(=O)CCc2cccc(N)c2)s1. The predicted octanol–water partition coefficient (Wildman–Crippen LogP) is 3.64. The Morgan fingerprint density at radius 1 is 1.21 bits per heavy atom. The Hall–Kier alpha value is -1.61. The number of ketones is 1. The molecule has 1 heterocycles. The lowest BCUT2D eigenvalue weighted by molar-refractivity contribution is -0.118. The molecule has 0 saturated carbocycles. The molecule has 2 N–H and O–H groups in total. The van der Waals surface area contributed by atoms with Gasteiger partial charge in [-0.25, -0.2) is 0 Å². The smallest absolute Gasteiger partial charge is 0.138 e. The quantitative estimate of drug-likeness (QED) is 0.817. The van der Waals surface area contributed by atoms with Crippen molar-refractivity contribution >= 4 is 22.8 Å². The fourth-order valence-corrected chi connectivity index (χ4v) is 3.01. The van der Waals surface area contributed by atoms with Crippen molar-refractivity contribution in [2.75, 3.05) is 5.73 Å². The average molecular weight is 273 g/mol. The van der Waals surface area contributed by atoms with Crippen molar-refractivity contribution in [3.05, 3.63) is 51.7 Å². The van der Waals surface area contributed by atoms with Crippen molar-refractivity contribution in [3.8, 4) is 0 Å². The van der Waals surface area contributed by atoms with Crippen LogP contribution in [0.1, 0.15) is 28.7 Å². The Morgan fingerprint density at radius 2 is 2.00 bits per heavy atom. The van der Waals surface area contributed by atoms with E-state index in [1.165, 1.54) is 9.75 Å². The van der Waals surface area contributed by atoms with Crippen molar-refractivity contribution in [1.29, 1.82) is 0 Å². The van der Waals surface area contributed by atoms with Crippen LogP contribution in [0.3, 0.4) is 0 Å². The second kappa shape index (κ2) is 6.53. The number of carbonyl (C=O) groups is 1. The number of carbonyl (C=O) groups excluding carboxylic acids is 1. The highest BCUT2D eigenvalue weighted by Crippen LogP contribution is 2.18. The van der Waals surface area contributed by atoms with Crippen LogP contribution in [-0.2, 0) is 24.1 Å².